The van der Waals surface area contributed by atoms with Gasteiger partial charge in [0.25, 0.3) is 15.8 Å². The van der Waals surface area contributed by atoms with Crippen LogP contribution in [0.4, 0.5) is 10.5 Å². The number of ether oxygens (including phenoxy) is 1. The number of carboxylic acids is 1. The summed E-state index contributed by atoms with van der Waals surface area (Å²) in [6.07, 6.45) is 6.63. The first-order chi connectivity index (χ1) is 22.4. The highest BCUT2D eigenvalue weighted by Crippen LogP contribution is 2.51. The largest absolute Gasteiger partial charge is 0.486 e. The maximum atomic E-state index is 12.4. The van der Waals surface area contributed by atoms with Crippen molar-refractivity contribution >= 4 is 38.6 Å². The first-order valence-electron chi connectivity index (χ1n) is 15.7. The van der Waals surface area contributed by atoms with Crippen molar-refractivity contribution in [1.29, 1.82) is 0 Å². The number of hydrogen-bond acceptors (Lipinski definition) is 7. The molecular weight excluding hydrogens is 620 g/mol. The van der Waals surface area contributed by atoms with Crippen LogP contribution >= 0.6 is 0 Å². The molecule has 3 aliphatic rings. The summed E-state index contributed by atoms with van der Waals surface area (Å²) in [5, 5.41) is 11.8. The summed E-state index contributed by atoms with van der Waals surface area (Å²) < 4.78 is 37.8. The lowest BCUT2D eigenvalue weighted by molar-refractivity contribution is -0.132. The summed E-state index contributed by atoms with van der Waals surface area (Å²) in [5.74, 6) is -1.63. The Labute approximate surface area is 275 Å². The van der Waals surface area contributed by atoms with Gasteiger partial charge in [0.15, 0.2) is 0 Å². The third kappa shape index (κ3) is 7.06. The second-order valence-electron chi connectivity index (χ2n) is 12.3. The number of nitrogens with zero attached hydrogens (tertiary/aromatic N) is 4. The van der Waals surface area contributed by atoms with Gasteiger partial charge in [0.1, 0.15) is 0 Å². The van der Waals surface area contributed by atoms with Crippen molar-refractivity contribution in [3.8, 4) is 0 Å². The van der Waals surface area contributed by atoms with Crippen LogP contribution in [-0.4, -0.2) is 85.0 Å². The summed E-state index contributed by atoms with van der Waals surface area (Å²) in [6, 6.07) is 12.3. The average Bonchev–Trinajstić information content (AvgIpc) is 3.52. The molecule has 0 atom stereocenters. The molecule has 0 aromatic heterocycles. The minimum Gasteiger partial charge on any atom is -0.486 e. The van der Waals surface area contributed by atoms with Gasteiger partial charge < -0.3 is 24.5 Å². The molecule has 12 heteroatoms. The van der Waals surface area contributed by atoms with Gasteiger partial charge in [0, 0.05) is 55.2 Å². The van der Waals surface area contributed by atoms with E-state index in [1.165, 1.54) is 6.08 Å². The predicted molar refractivity (Wildman–Crippen MR) is 180 cm³/mol. The number of hydrogen-bond donors (Lipinski definition) is 2. The number of allylic oxidation sites excluding steroid dienone is 6. The highest BCUT2D eigenvalue weighted by Gasteiger charge is 2.41. The zero-order valence-corrected chi connectivity index (χ0v) is 27.7. The standard InChI is InChI=1S/C35H40N4O7S/c1-5-46-34(42)38-20-18-37(19-21-38)32-25(11-12-26(32)23-28(36-4)33(40)41)14-16-30-35(2,3)31-27-10-7-6-9-24(27)13-15-29(31)39(30)17-8-22-47(43,44)45/h6-7,9-10,13-16,23H,5,8,11-12,17-22H2,1-3H3,(H,40,41)(H,43,44,45). The van der Waals surface area contributed by atoms with Gasteiger partial charge in [-0.3, -0.25) is 9.35 Å². The Bertz CT molecular complexity index is 1860. The number of benzene rings is 2. The van der Waals surface area contributed by atoms with Crippen LogP contribution in [0.2, 0.25) is 0 Å². The molecule has 2 heterocycles. The zero-order chi connectivity index (χ0) is 33.9. The summed E-state index contributed by atoms with van der Waals surface area (Å²) in [4.78, 5) is 33.3. The van der Waals surface area contributed by atoms with E-state index in [2.05, 4.69) is 58.8 Å². The third-order valence-electron chi connectivity index (χ3n) is 9.02. The molecule has 0 radical (unpaired) electrons. The van der Waals surface area contributed by atoms with Crippen LogP contribution < -0.4 is 4.90 Å². The molecule has 0 bridgehead atoms. The van der Waals surface area contributed by atoms with Gasteiger partial charge in [-0.1, -0.05) is 50.3 Å². The minimum atomic E-state index is -4.13. The number of fused-ring (bicyclic) bond motifs is 3. The fourth-order valence-corrected chi connectivity index (χ4v) is 7.41. The normalized spacial score (nSPS) is 19.9. The fourth-order valence-electron chi connectivity index (χ4n) is 6.92. The SMILES string of the molecule is [C-]#[N+]C(=CC1=C(N2CCN(C(=O)OCC)CC2)C(=CC=C2N(CCCS(=O)(=O)O)c3ccc4ccccc4c3C2(C)C)CC1)C(=O)O. The van der Waals surface area contributed by atoms with Crippen molar-refractivity contribution in [1.82, 2.24) is 9.80 Å². The Hall–Kier alpha value is -4.60. The average molecular weight is 661 g/mol. The Balaban J connectivity index is 1.57. The van der Waals surface area contributed by atoms with Crippen molar-refractivity contribution in [3.63, 3.8) is 0 Å². The molecule has 0 saturated carbocycles. The summed E-state index contributed by atoms with van der Waals surface area (Å²) in [6.45, 7) is 16.1. The Kier molecular flexibility index (Phi) is 9.79. The van der Waals surface area contributed by atoms with E-state index in [-0.39, 0.29) is 30.6 Å². The molecule has 2 aromatic carbocycles. The summed E-state index contributed by atoms with van der Waals surface area (Å²) in [5.41, 5.74) is 4.89. The Morgan fingerprint density at radius 3 is 2.45 bits per heavy atom. The summed E-state index contributed by atoms with van der Waals surface area (Å²) in [7, 11) is -4.13. The van der Waals surface area contributed by atoms with Crippen molar-refractivity contribution in [2.75, 3.05) is 50.0 Å². The van der Waals surface area contributed by atoms with Gasteiger partial charge in [-0.15, -0.1) is 0 Å². The van der Waals surface area contributed by atoms with Gasteiger partial charge in [-0.2, -0.15) is 8.42 Å². The predicted octanol–water partition coefficient (Wildman–Crippen LogP) is 5.74. The smallest absolute Gasteiger partial charge is 0.409 e. The third-order valence-corrected chi connectivity index (χ3v) is 9.83. The molecular formula is C35H40N4O7S. The van der Waals surface area contributed by atoms with Crippen LogP contribution in [0.3, 0.4) is 0 Å². The first kappa shape index (κ1) is 33.8. The van der Waals surface area contributed by atoms with Crippen LogP contribution in [-0.2, 0) is 25.1 Å². The van der Waals surface area contributed by atoms with Crippen molar-refractivity contribution in [2.24, 2.45) is 0 Å². The zero-order valence-electron chi connectivity index (χ0n) is 26.9. The van der Waals surface area contributed by atoms with E-state index in [0.717, 1.165) is 44.6 Å². The summed E-state index contributed by atoms with van der Waals surface area (Å²) >= 11 is 0. The lowest BCUT2D eigenvalue weighted by Gasteiger charge is -2.37. The van der Waals surface area contributed by atoms with Crippen LogP contribution in [0.25, 0.3) is 15.6 Å². The lowest BCUT2D eigenvalue weighted by atomic mass is 9.81. The molecule has 2 N–H and O–H groups in total. The Morgan fingerprint density at radius 1 is 1.06 bits per heavy atom. The second kappa shape index (κ2) is 13.6. The van der Waals surface area contributed by atoms with Gasteiger partial charge in [-0.25, -0.2) is 9.64 Å². The van der Waals surface area contributed by atoms with E-state index in [1.807, 2.05) is 18.2 Å². The van der Waals surface area contributed by atoms with E-state index in [9.17, 15) is 27.7 Å². The number of rotatable bonds is 9. The minimum absolute atomic E-state index is 0.231. The molecule has 47 heavy (non-hydrogen) atoms. The molecule has 1 amide bonds. The highest BCUT2D eigenvalue weighted by molar-refractivity contribution is 7.85. The van der Waals surface area contributed by atoms with Gasteiger partial charge in [0.2, 0.25) is 0 Å². The number of amides is 1. The molecule has 2 aromatic rings. The van der Waals surface area contributed by atoms with Crippen molar-refractivity contribution < 1.29 is 32.4 Å². The van der Waals surface area contributed by atoms with Gasteiger partial charge >= 0.3 is 12.1 Å². The van der Waals surface area contributed by atoms with Gasteiger partial charge in [0.05, 0.1) is 18.9 Å². The maximum Gasteiger partial charge on any atom is 0.409 e. The molecule has 0 spiro atoms. The highest BCUT2D eigenvalue weighted by atomic mass is 32.2. The van der Waals surface area contributed by atoms with E-state index in [1.54, 1.807) is 11.8 Å². The topological polar surface area (TPSA) is 132 Å². The monoisotopic (exact) mass is 660 g/mol. The fraction of sp³-hybridized carbons (Fsp3) is 0.400. The lowest BCUT2D eigenvalue weighted by Crippen LogP contribution is -2.48. The first-order valence-corrected chi connectivity index (χ1v) is 17.4. The van der Waals surface area contributed by atoms with E-state index in [4.69, 9.17) is 11.3 Å². The van der Waals surface area contributed by atoms with Crippen molar-refractivity contribution in [3.05, 3.63) is 99.8 Å². The number of carbonyl (C=O) groups excluding carboxylic acids is 1. The molecule has 1 fully saturated rings. The molecule has 2 aliphatic heterocycles. The molecule has 0 unspecified atom stereocenters. The van der Waals surface area contributed by atoms with E-state index < -0.39 is 21.5 Å². The molecule has 1 saturated heterocycles. The maximum absolute atomic E-state index is 12.4. The van der Waals surface area contributed by atoms with E-state index >= 15 is 0 Å². The van der Waals surface area contributed by atoms with Crippen LogP contribution in [0.5, 0.6) is 0 Å². The van der Waals surface area contributed by atoms with E-state index in [0.29, 0.717) is 45.6 Å². The van der Waals surface area contributed by atoms with Gasteiger partial charge in [-0.05, 0) is 71.9 Å². The van der Waals surface area contributed by atoms with Crippen LogP contribution in [0.1, 0.15) is 45.6 Å². The number of aliphatic carboxylic acids is 1. The number of piperazine rings is 1. The number of anilines is 1. The van der Waals surface area contributed by atoms with Crippen molar-refractivity contribution in [2.45, 2.75) is 45.4 Å². The number of carbonyl (C=O) groups is 2. The molecule has 248 valence electrons. The van der Waals surface area contributed by atoms with Crippen LogP contribution in [0.15, 0.2) is 82.9 Å². The molecule has 5 rings (SSSR count). The molecule has 1 aliphatic carbocycles. The Morgan fingerprint density at radius 2 is 1.79 bits per heavy atom. The quantitative estimate of drug-likeness (QED) is 0.197. The van der Waals surface area contributed by atoms with Crippen LogP contribution in [0, 0.1) is 6.57 Å². The number of carboxylic acid groups (broad SMARTS) is 1. The molecule has 11 nitrogen and oxygen atoms in total. The second-order valence-corrected chi connectivity index (χ2v) is 13.9.